The molecule has 0 aliphatic rings. The fourth-order valence-electron chi connectivity index (χ4n) is 2.66. The van der Waals surface area contributed by atoms with Gasteiger partial charge in [0.05, 0.1) is 16.6 Å². The van der Waals surface area contributed by atoms with E-state index < -0.39 is 0 Å². The Hall–Kier alpha value is -3.00. The van der Waals surface area contributed by atoms with Gasteiger partial charge in [-0.05, 0) is 42.5 Å². The molecule has 0 saturated carbocycles. The van der Waals surface area contributed by atoms with Gasteiger partial charge in [0.1, 0.15) is 23.4 Å². The smallest absolute Gasteiger partial charge is 0.149 e. The summed E-state index contributed by atoms with van der Waals surface area (Å²) in [4.78, 5) is 7.59. The summed E-state index contributed by atoms with van der Waals surface area (Å²) in [5, 5.41) is 10.6. The number of allylic oxidation sites excluding steroid dienone is 1. The summed E-state index contributed by atoms with van der Waals surface area (Å²) in [6, 6.07) is 18.6. The summed E-state index contributed by atoms with van der Waals surface area (Å²) in [5.41, 5.74) is 2.82. The van der Waals surface area contributed by atoms with E-state index in [1.165, 1.54) is 0 Å². The number of fused-ring (bicyclic) bond motifs is 1. The van der Waals surface area contributed by atoms with Crippen molar-refractivity contribution in [1.82, 2.24) is 9.97 Å². The minimum atomic E-state index is 0.381. The van der Waals surface area contributed by atoms with Crippen LogP contribution in [0.15, 0.2) is 59.0 Å². The van der Waals surface area contributed by atoms with Crippen molar-refractivity contribution in [1.29, 1.82) is 5.26 Å². The lowest BCUT2D eigenvalue weighted by Crippen LogP contribution is -1.84. The van der Waals surface area contributed by atoms with Crippen LogP contribution < -0.4 is 0 Å². The molecule has 4 aromatic rings. The molecule has 0 unspecified atom stereocenters. The molecule has 1 N–H and O–H groups in total. The Morgan fingerprint density at radius 3 is 2.58 bits per heavy atom. The number of rotatable bonds is 3. The first-order valence-electron chi connectivity index (χ1n) is 7.75. The average Bonchev–Trinajstić information content (AvgIpc) is 3.25. The van der Waals surface area contributed by atoms with E-state index in [1.807, 2.05) is 24.3 Å². The maximum absolute atomic E-state index is 9.51. The zero-order valence-corrected chi connectivity index (χ0v) is 14.8. The van der Waals surface area contributed by atoms with Gasteiger partial charge in [-0.3, -0.25) is 0 Å². The first-order chi connectivity index (χ1) is 12.6. The van der Waals surface area contributed by atoms with Crippen LogP contribution in [0, 0.1) is 11.3 Å². The molecular formula is C20H11Cl2N3O. The van der Waals surface area contributed by atoms with Crippen LogP contribution >= 0.6 is 23.2 Å². The highest BCUT2D eigenvalue weighted by Gasteiger charge is 2.10. The number of aromatic nitrogens is 2. The molecule has 0 bridgehead atoms. The SMILES string of the molecule is N#C/C(=C\c1ccc(-c2cc(Cl)cc(Cl)c2)o1)c1nc2ccccc2[nH]1. The number of halogens is 2. The van der Waals surface area contributed by atoms with E-state index in [-0.39, 0.29) is 0 Å². The highest BCUT2D eigenvalue weighted by Crippen LogP contribution is 2.29. The minimum absolute atomic E-state index is 0.381. The van der Waals surface area contributed by atoms with Crippen molar-refractivity contribution in [3.05, 3.63) is 76.2 Å². The van der Waals surface area contributed by atoms with Crippen LogP contribution in [0.5, 0.6) is 0 Å². The van der Waals surface area contributed by atoms with Gasteiger partial charge in [0.2, 0.25) is 0 Å². The maximum atomic E-state index is 9.51. The third kappa shape index (κ3) is 3.23. The molecule has 26 heavy (non-hydrogen) atoms. The molecule has 0 radical (unpaired) electrons. The summed E-state index contributed by atoms with van der Waals surface area (Å²) < 4.78 is 5.82. The third-order valence-electron chi connectivity index (χ3n) is 3.83. The zero-order chi connectivity index (χ0) is 18.1. The highest BCUT2D eigenvalue weighted by molar-refractivity contribution is 6.35. The third-order valence-corrected chi connectivity index (χ3v) is 4.26. The van der Waals surface area contributed by atoms with Gasteiger partial charge < -0.3 is 9.40 Å². The molecule has 0 atom stereocenters. The number of nitriles is 1. The molecule has 2 aromatic carbocycles. The van der Waals surface area contributed by atoms with Crippen molar-refractivity contribution in [3.63, 3.8) is 0 Å². The Morgan fingerprint density at radius 1 is 1.08 bits per heavy atom. The Labute approximate surface area is 159 Å². The lowest BCUT2D eigenvalue weighted by molar-refractivity contribution is 0.572. The second-order valence-corrected chi connectivity index (χ2v) is 6.51. The van der Waals surface area contributed by atoms with E-state index >= 15 is 0 Å². The van der Waals surface area contributed by atoms with Gasteiger partial charge in [0, 0.05) is 21.7 Å². The van der Waals surface area contributed by atoms with Crippen LogP contribution in [-0.2, 0) is 0 Å². The quantitative estimate of drug-likeness (QED) is 0.431. The van der Waals surface area contributed by atoms with E-state index in [0.717, 1.165) is 16.6 Å². The fraction of sp³-hybridized carbons (Fsp3) is 0. The van der Waals surface area contributed by atoms with Gasteiger partial charge in [-0.1, -0.05) is 35.3 Å². The number of para-hydroxylation sites is 2. The second-order valence-electron chi connectivity index (χ2n) is 5.63. The number of hydrogen-bond donors (Lipinski definition) is 1. The fourth-order valence-corrected chi connectivity index (χ4v) is 3.18. The van der Waals surface area contributed by atoms with Crippen molar-refractivity contribution in [2.24, 2.45) is 0 Å². The molecule has 0 fully saturated rings. The van der Waals surface area contributed by atoms with Crippen molar-refractivity contribution >= 4 is 45.9 Å². The number of furan rings is 1. The summed E-state index contributed by atoms with van der Waals surface area (Å²) in [7, 11) is 0. The Bertz CT molecular complexity index is 1130. The van der Waals surface area contributed by atoms with Crippen molar-refractivity contribution < 1.29 is 4.42 Å². The lowest BCUT2D eigenvalue weighted by Gasteiger charge is -1.99. The minimum Gasteiger partial charge on any atom is -0.457 e. The van der Waals surface area contributed by atoms with Gasteiger partial charge in [-0.2, -0.15) is 5.26 Å². The average molecular weight is 380 g/mol. The van der Waals surface area contributed by atoms with Crippen LogP contribution in [0.1, 0.15) is 11.6 Å². The van der Waals surface area contributed by atoms with Gasteiger partial charge in [-0.15, -0.1) is 0 Å². The van der Waals surface area contributed by atoms with Crippen LogP contribution in [0.2, 0.25) is 10.0 Å². The van der Waals surface area contributed by atoms with Gasteiger partial charge in [-0.25, -0.2) is 4.98 Å². The standard InChI is InChI=1S/C20H11Cl2N3O/c21-14-7-12(8-15(22)10-14)19-6-5-16(26-19)9-13(11-23)20-24-17-3-1-2-4-18(17)25-20/h1-10H,(H,24,25)/b13-9+. The van der Waals surface area contributed by atoms with Crippen molar-refractivity contribution in [3.8, 4) is 17.4 Å². The number of nitrogens with one attached hydrogen (secondary N) is 1. The first kappa shape index (κ1) is 16.5. The maximum Gasteiger partial charge on any atom is 0.149 e. The topological polar surface area (TPSA) is 65.6 Å². The largest absolute Gasteiger partial charge is 0.457 e. The Morgan fingerprint density at radius 2 is 1.85 bits per heavy atom. The molecular weight excluding hydrogens is 369 g/mol. The number of aromatic amines is 1. The normalized spacial score (nSPS) is 11.7. The van der Waals surface area contributed by atoms with E-state index in [9.17, 15) is 5.26 Å². The summed E-state index contributed by atoms with van der Waals surface area (Å²) >= 11 is 12.1. The van der Waals surface area contributed by atoms with E-state index in [2.05, 4.69) is 16.0 Å². The van der Waals surface area contributed by atoms with Crippen LogP contribution in [0.3, 0.4) is 0 Å². The second kappa shape index (κ2) is 6.72. The van der Waals surface area contributed by atoms with Gasteiger partial charge in [0.15, 0.2) is 0 Å². The predicted molar refractivity (Wildman–Crippen MR) is 104 cm³/mol. The number of imidazole rings is 1. The summed E-state index contributed by atoms with van der Waals surface area (Å²) in [6.07, 6.45) is 1.65. The molecule has 126 valence electrons. The zero-order valence-electron chi connectivity index (χ0n) is 13.3. The highest BCUT2D eigenvalue weighted by atomic mass is 35.5. The number of H-pyrrole nitrogens is 1. The van der Waals surface area contributed by atoms with Gasteiger partial charge >= 0.3 is 0 Å². The molecule has 2 heterocycles. The van der Waals surface area contributed by atoms with E-state index in [1.54, 1.807) is 36.4 Å². The molecule has 6 heteroatoms. The van der Waals surface area contributed by atoms with Crippen LogP contribution in [-0.4, -0.2) is 9.97 Å². The van der Waals surface area contributed by atoms with E-state index in [0.29, 0.717) is 33.0 Å². The predicted octanol–water partition coefficient (Wildman–Crippen LogP) is 6.19. The van der Waals surface area contributed by atoms with Crippen molar-refractivity contribution in [2.75, 3.05) is 0 Å². The molecule has 0 spiro atoms. The number of nitrogens with zero attached hydrogens (tertiary/aromatic N) is 2. The van der Waals surface area contributed by atoms with Gasteiger partial charge in [0.25, 0.3) is 0 Å². The lowest BCUT2D eigenvalue weighted by atomic mass is 10.2. The van der Waals surface area contributed by atoms with Crippen LogP contribution in [0.4, 0.5) is 0 Å². The summed E-state index contributed by atoms with van der Waals surface area (Å²) in [5.74, 6) is 1.65. The van der Waals surface area contributed by atoms with Crippen LogP contribution in [0.25, 0.3) is 34.0 Å². The molecule has 0 aliphatic heterocycles. The first-order valence-corrected chi connectivity index (χ1v) is 8.51. The van der Waals surface area contributed by atoms with Crippen molar-refractivity contribution in [2.45, 2.75) is 0 Å². The Balaban J connectivity index is 1.70. The molecule has 4 rings (SSSR count). The Kier molecular flexibility index (Phi) is 4.26. The monoisotopic (exact) mass is 379 g/mol. The number of benzene rings is 2. The molecule has 0 saturated heterocycles. The molecule has 2 aromatic heterocycles. The molecule has 0 aliphatic carbocycles. The molecule has 0 amide bonds. The summed E-state index contributed by atoms with van der Waals surface area (Å²) in [6.45, 7) is 0. The molecule has 4 nitrogen and oxygen atoms in total. The number of hydrogen-bond acceptors (Lipinski definition) is 3. The van der Waals surface area contributed by atoms with E-state index in [4.69, 9.17) is 27.6 Å².